The molecule has 6 nitrogen and oxygen atoms in total. The zero-order chi connectivity index (χ0) is 18.8. The van der Waals surface area contributed by atoms with Gasteiger partial charge in [-0.2, -0.15) is 4.98 Å². The Morgan fingerprint density at radius 1 is 1.15 bits per heavy atom. The summed E-state index contributed by atoms with van der Waals surface area (Å²) in [4.78, 5) is 11.3. The summed E-state index contributed by atoms with van der Waals surface area (Å²) in [6.07, 6.45) is 3.41. The molecule has 27 heavy (non-hydrogen) atoms. The van der Waals surface area contributed by atoms with Gasteiger partial charge in [0.05, 0.1) is 11.8 Å². The first-order chi connectivity index (χ1) is 13.1. The SMILES string of the molecule is Cc1nc(N2CCC([C@@H](O)CCc3ccccc3)CC2)c2c(C)noc2n1. The predicted octanol–water partition coefficient (Wildman–Crippen LogP) is 3.44. The van der Waals surface area contributed by atoms with Gasteiger partial charge in [-0.05, 0) is 51.0 Å². The summed E-state index contributed by atoms with van der Waals surface area (Å²) < 4.78 is 5.33. The monoisotopic (exact) mass is 366 g/mol. The summed E-state index contributed by atoms with van der Waals surface area (Å²) in [5.74, 6) is 1.94. The minimum absolute atomic E-state index is 0.253. The smallest absolute Gasteiger partial charge is 0.263 e. The number of aryl methyl sites for hydroxylation is 3. The van der Waals surface area contributed by atoms with Gasteiger partial charge in [-0.3, -0.25) is 0 Å². The number of fused-ring (bicyclic) bond motifs is 1. The maximum atomic E-state index is 10.6. The number of aliphatic hydroxyl groups excluding tert-OH is 1. The van der Waals surface area contributed by atoms with Gasteiger partial charge in [0, 0.05) is 13.1 Å². The fraction of sp³-hybridized carbons (Fsp3) is 0.476. The lowest BCUT2D eigenvalue weighted by molar-refractivity contribution is 0.0850. The fourth-order valence-corrected chi connectivity index (χ4v) is 3.99. The Balaban J connectivity index is 1.40. The van der Waals surface area contributed by atoms with Crippen LogP contribution in [0, 0.1) is 19.8 Å². The molecule has 0 unspecified atom stereocenters. The maximum Gasteiger partial charge on any atom is 0.263 e. The molecule has 0 spiro atoms. The van der Waals surface area contributed by atoms with Crippen LogP contribution in [0.1, 0.15) is 36.3 Å². The van der Waals surface area contributed by atoms with Gasteiger partial charge in [-0.15, -0.1) is 0 Å². The average molecular weight is 366 g/mol. The van der Waals surface area contributed by atoms with E-state index >= 15 is 0 Å². The van der Waals surface area contributed by atoms with Gasteiger partial charge < -0.3 is 14.5 Å². The van der Waals surface area contributed by atoms with Crippen LogP contribution in [0.4, 0.5) is 5.82 Å². The lowest BCUT2D eigenvalue weighted by Crippen LogP contribution is -2.38. The number of nitrogens with zero attached hydrogens (tertiary/aromatic N) is 4. The van der Waals surface area contributed by atoms with E-state index in [9.17, 15) is 5.11 Å². The summed E-state index contributed by atoms with van der Waals surface area (Å²) in [6.45, 7) is 5.56. The van der Waals surface area contributed by atoms with Crippen molar-refractivity contribution in [2.45, 2.75) is 45.6 Å². The van der Waals surface area contributed by atoms with Crippen LogP contribution in [-0.4, -0.2) is 39.4 Å². The van der Waals surface area contributed by atoms with E-state index in [2.05, 4.69) is 44.3 Å². The van der Waals surface area contributed by atoms with Crippen molar-refractivity contribution in [2.75, 3.05) is 18.0 Å². The first-order valence-corrected chi connectivity index (χ1v) is 9.69. The molecule has 2 aromatic heterocycles. The molecular weight excluding hydrogens is 340 g/mol. The van der Waals surface area contributed by atoms with Crippen molar-refractivity contribution < 1.29 is 9.63 Å². The lowest BCUT2D eigenvalue weighted by Gasteiger charge is -2.35. The summed E-state index contributed by atoms with van der Waals surface area (Å²) in [7, 11) is 0. The Hall–Kier alpha value is -2.47. The van der Waals surface area contributed by atoms with Crippen LogP contribution < -0.4 is 4.90 Å². The van der Waals surface area contributed by atoms with Crippen molar-refractivity contribution in [1.82, 2.24) is 15.1 Å². The third-order valence-corrected chi connectivity index (χ3v) is 5.55. The number of rotatable bonds is 5. The van der Waals surface area contributed by atoms with Gasteiger partial charge >= 0.3 is 0 Å². The molecule has 0 aliphatic carbocycles. The number of anilines is 1. The normalized spacial score (nSPS) is 16.8. The van der Waals surface area contributed by atoms with Gasteiger partial charge in [0.25, 0.3) is 5.71 Å². The van der Waals surface area contributed by atoms with Crippen molar-refractivity contribution in [3.63, 3.8) is 0 Å². The van der Waals surface area contributed by atoms with E-state index in [4.69, 9.17) is 4.52 Å². The van der Waals surface area contributed by atoms with Crippen molar-refractivity contribution in [3.05, 3.63) is 47.4 Å². The highest BCUT2D eigenvalue weighted by molar-refractivity contribution is 5.88. The molecule has 3 heterocycles. The van der Waals surface area contributed by atoms with E-state index in [1.165, 1.54) is 5.56 Å². The molecule has 142 valence electrons. The molecule has 0 radical (unpaired) electrons. The lowest BCUT2D eigenvalue weighted by atomic mass is 9.88. The highest BCUT2D eigenvalue weighted by atomic mass is 16.5. The molecule has 0 bridgehead atoms. The number of piperidine rings is 1. The third kappa shape index (κ3) is 3.81. The van der Waals surface area contributed by atoms with Crippen LogP contribution in [-0.2, 0) is 6.42 Å². The third-order valence-electron chi connectivity index (χ3n) is 5.55. The van der Waals surface area contributed by atoms with Gasteiger partial charge in [0.2, 0.25) is 0 Å². The van der Waals surface area contributed by atoms with Crippen LogP contribution in [0.2, 0.25) is 0 Å². The minimum atomic E-state index is -0.253. The highest BCUT2D eigenvalue weighted by Crippen LogP contribution is 2.31. The van der Waals surface area contributed by atoms with Crippen molar-refractivity contribution >= 4 is 16.9 Å². The maximum absolute atomic E-state index is 10.6. The number of hydrogen-bond donors (Lipinski definition) is 1. The highest BCUT2D eigenvalue weighted by Gasteiger charge is 2.28. The second-order valence-electron chi connectivity index (χ2n) is 7.46. The van der Waals surface area contributed by atoms with Crippen LogP contribution in [0.5, 0.6) is 0 Å². The van der Waals surface area contributed by atoms with Gasteiger partial charge in [0.15, 0.2) is 0 Å². The molecule has 1 saturated heterocycles. The predicted molar refractivity (Wildman–Crippen MR) is 105 cm³/mol. The molecule has 4 rings (SSSR count). The molecule has 1 fully saturated rings. The summed E-state index contributed by atoms with van der Waals surface area (Å²) in [6, 6.07) is 10.4. The van der Waals surface area contributed by atoms with Crippen LogP contribution in [0.3, 0.4) is 0 Å². The Morgan fingerprint density at radius 2 is 1.89 bits per heavy atom. The molecule has 1 atom stereocenters. The van der Waals surface area contributed by atoms with E-state index < -0.39 is 0 Å². The average Bonchev–Trinajstić information content (AvgIpc) is 3.07. The first-order valence-electron chi connectivity index (χ1n) is 9.69. The topological polar surface area (TPSA) is 75.3 Å². The molecule has 0 amide bonds. The van der Waals surface area contributed by atoms with Crippen LogP contribution >= 0.6 is 0 Å². The number of aromatic nitrogens is 3. The Morgan fingerprint density at radius 3 is 2.63 bits per heavy atom. The Kier molecular flexibility index (Phi) is 5.07. The van der Waals surface area contributed by atoms with Gasteiger partial charge in [0.1, 0.15) is 17.0 Å². The van der Waals surface area contributed by atoms with E-state index in [0.717, 1.165) is 55.7 Å². The number of aliphatic hydroxyl groups is 1. The van der Waals surface area contributed by atoms with E-state index in [0.29, 0.717) is 17.5 Å². The number of hydrogen-bond acceptors (Lipinski definition) is 6. The molecular formula is C21H26N4O2. The van der Waals surface area contributed by atoms with Crippen LogP contribution in [0.25, 0.3) is 11.1 Å². The standard InChI is InChI=1S/C21H26N4O2/c1-14-19-20(22-15(2)23-21(19)27-24-14)25-12-10-17(11-13-25)18(26)9-8-16-6-4-3-5-7-16/h3-7,17-18,26H,8-13H2,1-2H3/t18-/m0/s1. The van der Waals surface area contributed by atoms with Crippen molar-refractivity contribution in [2.24, 2.45) is 5.92 Å². The molecule has 1 N–H and O–H groups in total. The van der Waals surface area contributed by atoms with Gasteiger partial charge in [-0.25, -0.2) is 4.98 Å². The minimum Gasteiger partial charge on any atom is -0.393 e. The Bertz CT molecular complexity index is 901. The molecule has 1 aromatic carbocycles. The summed E-state index contributed by atoms with van der Waals surface area (Å²) in [5, 5.41) is 15.6. The van der Waals surface area contributed by atoms with E-state index in [1.54, 1.807) is 0 Å². The number of benzene rings is 1. The zero-order valence-electron chi connectivity index (χ0n) is 15.9. The largest absolute Gasteiger partial charge is 0.393 e. The molecule has 3 aromatic rings. The summed E-state index contributed by atoms with van der Waals surface area (Å²) >= 11 is 0. The second kappa shape index (κ2) is 7.64. The quantitative estimate of drug-likeness (QED) is 0.745. The zero-order valence-corrected chi connectivity index (χ0v) is 15.9. The molecule has 0 saturated carbocycles. The second-order valence-corrected chi connectivity index (χ2v) is 7.46. The van der Waals surface area contributed by atoms with E-state index in [1.807, 2.05) is 19.9 Å². The molecule has 1 aliphatic rings. The van der Waals surface area contributed by atoms with E-state index in [-0.39, 0.29) is 6.10 Å². The molecule has 6 heteroatoms. The summed E-state index contributed by atoms with van der Waals surface area (Å²) in [5.41, 5.74) is 2.67. The fourth-order valence-electron chi connectivity index (χ4n) is 3.99. The van der Waals surface area contributed by atoms with Crippen molar-refractivity contribution in [3.8, 4) is 0 Å². The van der Waals surface area contributed by atoms with Crippen molar-refractivity contribution in [1.29, 1.82) is 0 Å². The molecule has 1 aliphatic heterocycles. The first kappa shape index (κ1) is 17.9. The Labute approximate surface area is 159 Å². The van der Waals surface area contributed by atoms with Crippen LogP contribution in [0.15, 0.2) is 34.9 Å². The van der Waals surface area contributed by atoms with Gasteiger partial charge in [-0.1, -0.05) is 35.5 Å².